The van der Waals surface area contributed by atoms with Gasteiger partial charge in [0.25, 0.3) is 11.4 Å². The van der Waals surface area contributed by atoms with Crippen LogP contribution in [0.3, 0.4) is 0 Å². The van der Waals surface area contributed by atoms with Crippen molar-refractivity contribution in [3.63, 3.8) is 0 Å². The summed E-state index contributed by atoms with van der Waals surface area (Å²) in [6.45, 7) is 2.97. The number of hydrogen-bond donors (Lipinski definition) is 0. The van der Waals surface area contributed by atoms with Gasteiger partial charge in [-0.15, -0.1) is 0 Å². The SMILES string of the molecule is CSc1nc2c(=O)n(C3CCOCC3)c(-c3nc(C)no3)nc2s1. The molecule has 0 amide bonds. The molecule has 0 aromatic carbocycles. The Morgan fingerprint density at radius 1 is 1.25 bits per heavy atom. The Balaban J connectivity index is 1.98. The van der Waals surface area contributed by atoms with Crippen molar-refractivity contribution in [3.8, 4) is 11.7 Å². The number of fused-ring (bicyclic) bond motifs is 1. The summed E-state index contributed by atoms with van der Waals surface area (Å²) in [6, 6.07) is -0.00946. The molecule has 0 N–H and O–H groups in total. The van der Waals surface area contributed by atoms with E-state index in [1.165, 1.54) is 23.1 Å². The topological polar surface area (TPSA) is 95.9 Å². The maximum atomic E-state index is 13.1. The first-order valence-corrected chi connectivity index (χ1v) is 9.57. The highest BCUT2D eigenvalue weighted by Crippen LogP contribution is 2.30. The van der Waals surface area contributed by atoms with E-state index < -0.39 is 0 Å². The Morgan fingerprint density at radius 2 is 2.04 bits per heavy atom. The first-order chi connectivity index (χ1) is 11.7. The van der Waals surface area contributed by atoms with Crippen molar-refractivity contribution in [2.75, 3.05) is 19.5 Å². The molecule has 10 heteroatoms. The van der Waals surface area contributed by atoms with E-state index in [-0.39, 0.29) is 17.5 Å². The second kappa shape index (κ2) is 6.26. The van der Waals surface area contributed by atoms with Gasteiger partial charge in [-0.2, -0.15) is 4.98 Å². The first-order valence-electron chi connectivity index (χ1n) is 7.53. The molecule has 126 valence electrons. The molecule has 1 aliphatic rings. The van der Waals surface area contributed by atoms with Gasteiger partial charge in [-0.05, 0) is 26.0 Å². The smallest absolute Gasteiger partial charge is 0.294 e. The van der Waals surface area contributed by atoms with E-state index in [1.54, 1.807) is 11.5 Å². The zero-order chi connectivity index (χ0) is 16.7. The molecular formula is C14H15N5O3S2. The minimum atomic E-state index is -0.158. The molecule has 0 atom stereocenters. The molecule has 0 aliphatic carbocycles. The highest BCUT2D eigenvalue weighted by Gasteiger charge is 2.26. The van der Waals surface area contributed by atoms with Crippen LogP contribution in [0.15, 0.2) is 13.7 Å². The lowest BCUT2D eigenvalue weighted by Gasteiger charge is -2.25. The third-order valence-electron chi connectivity index (χ3n) is 3.90. The van der Waals surface area contributed by atoms with Crippen molar-refractivity contribution in [1.82, 2.24) is 24.7 Å². The molecule has 4 heterocycles. The second-order valence-electron chi connectivity index (χ2n) is 5.44. The molecule has 3 aromatic rings. The maximum Gasteiger partial charge on any atom is 0.294 e. The highest BCUT2D eigenvalue weighted by atomic mass is 32.2. The lowest BCUT2D eigenvalue weighted by Crippen LogP contribution is -2.31. The van der Waals surface area contributed by atoms with E-state index in [9.17, 15) is 4.79 Å². The fourth-order valence-corrected chi connectivity index (χ4v) is 4.19. The summed E-state index contributed by atoms with van der Waals surface area (Å²) in [5.74, 6) is 1.18. The van der Waals surface area contributed by atoms with Crippen LogP contribution < -0.4 is 5.56 Å². The molecule has 3 aromatic heterocycles. The molecule has 0 radical (unpaired) electrons. The number of nitrogens with zero attached hydrogens (tertiary/aromatic N) is 5. The Kier molecular flexibility index (Phi) is 4.10. The van der Waals surface area contributed by atoms with Gasteiger partial charge in [0.1, 0.15) is 0 Å². The molecule has 8 nitrogen and oxygen atoms in total. The van der Waals surface area contributed by atoms with Crippen molar-refractivity contribution < 1.29 is 9.26 Å². The Hall–Kier alpha value is -1.78. The number of rotatable bonds is 3. The summed E-state index contributed by atoms with van der Waals surface area (Å²) < 4.78 is 13.2. The normalized spacial score (nSPS) is 16.1. The zero-order valence-electron chi connectivity index (χ0n) is 13.2. The largest absolute Gasteiger partial charge is 0.381 e. The first kappa shape index (κ1) is 15.7. The van der Waals surface area contributed by atoms with Gasteiger partial charge in [-0.3, -0.25) is 9.36 Å². The van der Waals surface area contributed by atoms with Crippen molar-refractivity contribution in [2.45, 2.75) is 30.1 Å². The summed E-state index contributed by atoms with van der Waals surface area (Å²) in [5.41, 5.74) is 0.241. The number of aromatic nitrogens is 5. The van der Waals surface area contributed by atoms with E-state index in [2.05, 4.69) is 20.1 Å². The van der Waals surface area contributed by atoms with Gasteiger partial charge in [0.15, 0.2) is 20.5 Å². The van der Waals surface area contributed by atoms with E-state index >= 15 is 0 Å². The van der Waals surface area contributed by atoms with Gasteiger partial charge in [0, 0.05) is 19.3 Å². The number of thioether (sulfide) groups is 1. The quantitative estimate of drug-likeness (QED) is 0.652. The van der Waals surface area contributed by atoms with Crippen LogP contribution in [0, 0.1) is 6.92 Å². The molecule has 0 unspecified atom stereocenters. The number of thiazole rings is 1. The number of hydrogen-bond acceptors (Lipinski definition) is 9. The maximum absolute atomic E-state index is 13.1. The second-order valence-corrected chi connectivity index (χ2v) is 7.47. The van der Waals surface area contributed by atoms with Crippen LogP contribution >= 0.6 is 23.1 Å². The minimum absolute atomic E-state index is 0.00946. The zero-order valence-corrected chi connectivity index (χ0v) is 14.8. The molecule has 4 rings (SSSR count). The molecule has 24 heavy (non-hydrogen) atoms. The van der Waals surface area contributed by atoms with Crippen molar-refractivity contribution >= 4 is 33.4 Å². The lowest BCUT2D eigenvalue weighted by atomic mass is 10.1. The Labute approximate surface area is 145 Å². The van der Waals surface area contributed by atoms with Gasteiger partial charge < -0.3 is 9.26 Å². The highest BCUT2D eigenvalue weighted by molar-refractivity contribution is 8.00. The van der Waals surface area contributed by atoms with E-state index in [4.69, 9.17) is 9.26 Å². The number of ether oxygens (including phenoxy) is 1. The van der Waals surface area contributed by atoms with Gasteiger partial charge >= 0.3 is 0 Å². The van der Waals surface area contributed by atoms with Crippen LogP contribution in [0.5, 0.6) is 0 Å². The van der Waals surface area contributed by atoms with Gasteiger partial charge in [0.2, 0.25) is 5.82 Å². The summed E-state index contributed by atoms with van der Waals surface area (Å²) in [4.78, 5) is 27.0. The third kappa shape index (κ3) is 2.64. The Bertz CT molecular complexity index is 942. The lowest BCUT2D eigenvalue weighted by molar-refractivity contribution is 0.0688. The fraction of sp³-hybridized carbons (Fsp3) is 0.500. The standard InChI is InChI=1S/C14H15N5O3S2/c1-7-15-11(22-18-7)10-17-12-9(16-14(23-2)24-12)13(20)19(10)8-3-5-21-6-4-8/h8H,3-6H2,1-2H3. The molecule has 1 aliphatic heterocycles. The average molecular weight is 365 g/mol. The summed E-state index contributed by atoms with van der Waals surface area (Å²) in [7, 11) is 0. The predicted octanol–water partition coefficient (Wildman–Crippen LogP) is 2.28. The predicted molar refractivity (Wildman–Crippen MR) is 90.6 cm³/mol. The van der Waals surface area contributed by atoms with Gasteiger partial charge in [-0.1, -0.05) is 28.3 Å². The van der Waals surface area contributed by atoms with E-state index in [0.29, 0.717) is 35.2 Å². The third-order valence-corrected chi connectivity index (χ3v) is 5.83. The van der Waals surface area contributed by atoms with Crippen LogP contribution in [0.2, 0.25) is 0 Å². The van der Waals surface area contributed by atoms with Crippen molar-refractivity contribution in [2.24, 2.45) is 0 Å². The van der Waals surface area contributed by atoms with Crippen molar-refractivity contribution in [3.05, 3.63) is 16.2 Å². The van der Waals surface area contributed by atoms with Crippen LogP contribution in [-0.2, 0) is 4.74 Å². The average Bonchev–Trinajstić information content (AvgIpc) is 3.21. The molecule has 1 fully saturated rings. The van der Waals surface area contributed by atoms with E-state index in [1.807, 2.05) is 6.26 Å². The van der Waals surface area contributed by atoms with Crippen molar-refractivity contribution in [1.29, 1.82) is 0 Å². The monoisotopic (exact) mass is 365 g/mol. The van der Waals surface area contributed by atoms with Gasteiger partial charge in [0.05, 0.1) is 0 Å². The van der Waals surface area contributed by atoms with Gasteiger partial charge in [-0.25, -0.2) is 9.97 Å². The van der Waals surface area contributed by atoms with Crippen LogP contribution in [0.1, 0.15) is 24.7 Å². The van der Waals surface area contributed by atoms with Crippen LogP contribution in [0.4, 0.5) is 0 Å². The van der Waals surface area contributed by atoms with Crippen LogP contribution in [-0.4, -0.2) is 44.1 Å². The Morgan fingerprint density at radius 3 is 2.71 bits per heavy atom. The number of aryl methyl sites for hydroxylation is 1. The summed E-state index contributed by atoms with van der Waals surface area (Å²) in [5, 5.41) is 3.83. The van der Waals surface area contributed by atoms with E-state index in [0.717, 1.165) is 17.2 Å². The minimum Gasteiger partial charge on any atom is -0.381 e. The summed E-state index contributed by atoms with van der Waals surface area (Å²) >= 11 is 2.89. The molecular weight excluding hydrogens is 350 g/mol. The van der Waals surface area contributed by atoms with Crippen LogP contribution in [0.25, 0.3) is 22.1 Å². The molecule has 0 bridgehead atoms. The molecule has 1 saturated heterocycles. The molecule has 0 spiro atoms. The summed E-state index contributed by atoms with van der Waals surface area (Å²) in [6.07, 6.45) is 3.41. The fourth-order valence-electron chi connectivity index (χ4n) is 2.78. The molecule has 0 saturated carbocycles.